The van der Waals surface area contributed by atoms with Crippen LogP contribution >= 0.6 is 0 Å². The minimum atomic E-state index is -0.362. The van der Waals surface area contributed by atoms with Crippen LogP contribution in [0, 0.1) is 12.7 Å². The fourth-order valence-electron chi connectivity index (χ4n) is 3.09. The standard InChI is InChI=1S/C19H22FN3O2/c1-13-3-8-17(22(13)2)19(25)23-11-9-16(10-12-23)21-18(24)14-4-6-15(20)7-5-14/h3-8,16H,9-12H2,1-2H3,(H,21,24). The van der Waals surface area contributed by atoms with Gasteiger partial charge < -0.3 is 14.8 Å². The summed E-state index contributed by atoms with van der Waals surface area (Å²) in [6, 6.07) is 9.30. The molecule has 2 heterocycles. The Morgan fingerprint density at radius 2 is 1.72 bits per heavy atom. The molecular formula is C19H22FN3O2. The molecule has 1 N–H and O–H groups in total. The van der Waals surface area contributed by atoms with Crippen molar-refractivity contribution in [2.45, 2.75) is 25.8 Å². The summed E-state index contributed by atoms with van der Waals surface area (Å²) >= 11 is 0. The summed E-state index contributed by atoms with van der Waals surface area (Å²) in [6.07, 6.45) is 1.42. The van der Waals surface area contributed by atoms with Gasteiger partial charge in [0.05, 0.1) is 0 Å². The van der Waals surface area contributed by atoms with Crippen molar-refractivity contribution >= 4 is 11.8 Å². The number of halogens is 1. The Morgan fingerprint density at radius 3 is 2.28 bits per heavy atom. The molecule has 2 aromatic rings. The normalized spacial score (nSPS) is 15.2. The number of carbonyl (C=O) groups is 2. The molecule has 1 aromatic carbocycles. The lowest BCUT2D eigenvalue weighted by Crippen LogP contribution is -2.46. The lowest BCUT2D eigenvalue weighted by molar-refractivity contribution is 0.0688. The van der Waals surface area contributed by atoms with Gasteiger partial charge in [-0.1, -0.05) is 0 Å². The van der Waals surface area contributed by atoms with E-state index in [1.165, 1.54) is 24.3 Å². The first-order chi connectivity index (χ1) is 12.0. The number of nitrogens with zero attached hydrogens (tertiary/aromatic N) is 2. The summed E-state index contributed by atoms with van der Waals surface area (Å²) in [4.78, 5) is 26.6. The van der Waals surface area contributed by atoms with E-state index in [0.29, 0.717) is 37.2 Å². The molecule has 5 nitrogen and oxygen atoms in total. The first kappa shape index (κ1) is 17.2. The molecular weight excluding hydrogens is 321 g/mol. The van der Waals surface area contributed by atoms with Crippen molar-refractivity contribution in [3.63, 3.8) is 0 Å². The van der Waals surface area contributed by atoms with Gasteiger partial charge in [0.1, 0.15) is 11.5 Å². The van der Waals surface area contributed by atoms with Crippen LogP contribution < -0.4 is 5.32 Å². The molecule has 6 heteroatoms. The van der Waals surface area contributed by atoms with Gasteiger partial charge in [-0.25, -0.2) is 4.39 Å². The SMILES string of the molecule is Cc1ccc(C(=O)N2CCC(NC(=O)c3ccc(F)cc3)CC2)n1C. The molecule has 1 saturated heterocycles. The molecule has 2 amide bonds. The highest BCUT2D eigenvalue weighted by Gasteiger charge is 2.26. The minimum absolute atomic E-state index is 0.0248. The van der Waals surface area contributed by atoms with E-state index in [4.69, 9.17) is 0 Å². The Hall–Kier alpha value is -2.63. The van der Waals surface area contributed by atoms with Gasteiger partial charge >= 0.3 is 0 Å². The third-order valence-electron chi connectivity index (χ3n) is 4.82. The molecule has 1 aliphatic rings. The molecule has 0 radical (unpaired) electrons. The number of aromatic nitrogens is 1. The Kier molecular flexibility index (Phi) is 4.88. The minimum Gasteiger partial charge on any atom is -0.349 e. The lowest BCUT2D eigenvalue weighted by atomic mass is 10.0. The van der Waals surface area contributed by atoms with E-state index >= 15 is 0 Å². The maximum atomic E-state index is 12.9. The number of likely N-dealkylation sites (tertiary alicyclic amines) is 1. The van der Waals surface area contributed by atoms with Crippen molar-refractivity contribution in [1.29, 1.82) is 0 Å². The molecule has 0 aliphatic carbocycles. The molecule has 0 bridgehead atoms. The van der Waals surface area contributed by atoms with Crippen molar-refractivity contribution in [2.24, 2.45) is 7.05 Å². The summed E-state index contributed by atoms with van der Waals surface area (Å²) in [5, 5.41) is 2.96. The van der Waals surface area contributed by atoms with E-state index in [1.807, 2.05) is 35.6 Å². The molecule has 132 valence electrons. The average molecular weight is 343 g/mol. The van der Waals surface area contributed by atoms with Gasteiger partial charge in [0.2, 0.25) is 0 Å². The first-order valence-electron chi connectivity index (χ1n) is 8.43. The molecule has 25 heavy (non-hydrogen) atoms. The summed E-state index contributed by atoms with van der Waals surface area (Å²) in [6.45, 7) is 3.18. The van der Waals surface area contributed by atoms with Crippen LogP contribution in [0.3, 0.4) is 0 Å². The van der Waals surface area contributed by atoms with E-state index < -0.39 is 0 Å². The largest absolute Gasteiger partial charge is 0.349 e. The third kappa shape index (κ3) is 3.73. The second-order valence-electron chi connectivity index (χ2n) is 6.47. The fourth-order valence-corrected chi connectivity index (χ4v) is 3.09. The van der Waals surface area contributed by atoms with Crippen molar-refractivity contribution in [1.82, 2.24) is 14.8 Å². The molecule has 1 aliphatic heterocycles. The van der Waals surface area contributed by atoms with Gasteiger partial charge in [-0.3, -0.25) is 9.59 Å². The van der Waals surface area contributed by atoms with Gasteiger partial charge in [-0.15, -0.1) is 0 Å². The highest BCUT2D eigenvalue weighted by Crippen LogP contribution is 2.16. The Labute approximate surface area is 146 Å². The highest BCUT2D eigenvalue weighted by molar-refractivity contribution is 5.94. The number of hydrogen-bond acceptors (Lipinski definition) is 2. The second-order valence-corrected chi connectivity index (χ2v) is 6.47. The summed E-state index contributed by atoms with van der Waals surface area (Å²) in [5.41, 5.74) is 2.18. The second kappa shape index (κ2) is 7.09. The van der Waals surface area contributed by atoms with Crippen molar-refractivity contribution in [2.75, 3.05) is 13.1 Å². The van der Waals surface area contributed by atoms with E-state index in [1.54, 1.807) is 0 Å². The molecule has 1 fully saturated rings. The van der Waals surface area contributed by atoms with Gasteiger partial charge in [0.15, 0.2) is 0 Å². The quantitative estimate of drug-likeness (QED) is 0.931. The number of piperidine rings is 1. The van der Waals surface area contributed by atoms with E-state index in [9.17, 15) is 14.0 Å². The van der Waals surface area contributed by atoms with Crippen LogP contribution in [0.4, 0.5) is 4.39 Å². The smallest absolute Gasteiger partial charge is 0.270 e. The zero-order valence-corrected chi connectivity index (χ0v) is 14.5. The molecule has 3 rings (SSSR count). The van der Waals surface area contributed by atoms with E-state index in [2.05, 4.69) is 5.32 Å². The lowest BCUT2D eigenvalue weighted by Gasteiger charge is -2.32. The van der Waals surface area contributed by atoms with Crippen LogP contribution in [-0.2, 0) is 7.05 Å². The van der Waals surface area contributed by atoms with Crippen molar-refractivity contribution < 1.29 is 14.0 Å². The highest BCUT2D eigenvalue weighted by atomic mass is 19.1. The summed E-state index contributed by atoms with van der Waals surface area (Å²) in [7, 11) is 1.89. The number of rotatable bonds is 3. The zero-order chi connectivity index (χ0) is 18.0. The van der Waals surface area contributed by atoms with Gasteiger partial charge in [-0.2, -0.15) is 0 Å². The Bertz CT molecular complexity index is 774. The summed E-state index contributed by atoms with van der Waals surface area (Å²) < 4.78 is 14.8. The number of benzene rings is 1. The number of aryl methyl sites for hydroxylation is 1. The molecule has 0 saturated carbocycles. The van der Waals surface area contributed by atoms with Crippen LogP contribution in [-0.4, -0.2) is 40.4 Å². The average Bonchev–Trinajstić information content (AvgIpc) is 2.94. The van der Waals surface area contributed by atoms with Crippen LogP contribution in [0.25, 0.3) is 0 Å². The van der Waals surface area contributed by atoms with E-state index in [-0.39, 0.29) is 23.7 Å². The molecule has 1 aromatic heterocycles. The van der Waals surface area contributed by atoms with Gasteiger partial charge in [-0.05, 0) is 56.2 Å². The van der Waals surface area contributed by atoms with Crippen LogP contribution in [0.1, 0.15) is 39.4 Å². The fraction of sp³-hybridized carbons (Fsp3) is 0.368. The predicted octanol–water partition coefficient (Wildman–Crippen LogP) is 2.51. The topological polar surface area (TPSA) is 54.3 Å². The van der Waals surface area contributed by atoms with E-state index in [0.717, 1.165) is 5.69 Å². The predicted molar refractivity (Wildman–Crippen MR) is 92.9 cm³/mol. The first-order valence-corrected chi connectivity index (χ1v) is 8.43. The van der Waals surface area contributed by atoms with Crippen LogP contribution in [0.2, 0.25) is 0 Å². The van der Waals surface area contributed by atoms with Crippen LogP contribution in [0.5, 0.6) is 0 Å². The molecule has 0 spiro atoms. The van der Waals surface area contributed by atoms with Gasteiger partial charge in [0.25, 0.3) is 11.8 Å². The molecule has 0 atom stereocenters. The monoisotopic (exact) mass is 343 g/mol. The number of hydrogen-bond donors (Lipinski definition) is 1. The maximum absolute atomic E-state index is 12.9. The van der Waals surface area contributed by atoms with Crippen molar-refractivity contribution in [3.05, 3.63) is 59.2 Å². The third-order valence-corrected chi connectivity index (χ3v) is 4.82. The number of nitrogens with one attached hydrogen (secondary N) is 1. The zero-order valence-electron chi connectivity index (χ0n) is 14.5. The molecule has 0 unspecified atom stereocenters. The van der Waals surface area contributed by atoms with Crippen LogP contribution in [0.15, 0.2) is 36.4 Å². The van der Waals surface area contributed by atoms with Crippen molar-refractivity contribution in [3.8, 4) is 0 Å². The van der Waals surface area contributed by atoms with Gasteiger partial charge in [0, 0.05) is 37.4 Å². The Morgan fingerprint density at radius 1 is 1.08 bits per heavy atom. The Balaban J connectivity index is 1.55. The maximum Gasteiger partial charge on any atom is 0.270 e. The number of carbonyl (C=O) groups excluding carboxylic acids is 2. The number of amides is 2. The summed E-state index contributed by atoms with van der Waals surface area (Å²) in [5.74, 6) is -0.541.